The summed E-state index contributed by atoms with van der Waals surface area (Å²) in [6, 6.07) is 11.9. The van der Waals surface area contributed by atoms with Crippen molar-refractivity contribution in [2.24, 2.45) is 0 Å². The largest absolute Gasteiger partial charge is 0.354 e. The highest BCUT2D eigenvalue weighted by Crippen LogP contribution is 2.32. The lowest BCUT2D eigenvalue weighted by atomic mass is 10.1. The topological polar surface area (TPSA) is 44.6 Å². The van der Waals surface area contributed by atoms with Crippen molar-refractivity contribution in [2.45, 2.75) is 53.1 Å². The summed E-state index contributed by atoms with van der Waals surface area (Å²) in [6.45, 7) is 13.1. The van der Waals surface area contributed by atoms with Crippen molar-refractivity contribution >= 4 is 34.9 Å². The molecule has 1 aromatic heterocycles. The maximum absolute atomic E-state index is 13.8. The predicted octanol–water partition coefficient (Wildman–Crippen LogP) is 6.46. The molecule has 0 N–H and O–H groups in total. The molecule has 1 saturated heterocycles. The highest BCUT2D eigenvalue weighted by molar-refractivity contribution is 6.42. The molecule has 4 rings (SSSR count). The van der Waals surface area contributed by atoms with Gasteiger partial charge in [-0.05, 0) is 69.2 Å². The SMILES string of the molecule is CCCN(Cc1c(CC)nn(-c2ccc(F)cc2)c1N1CCN(C(C)C)CC1)C(=O)c1ccc(Cl)c(Cl)c1. The van der Waals surface area contributed by atoms with E-state index in [0.717, 1.165) is 55.4 Å². The van der Waals surface area contributed by atoms with Gasteiger partial charge < -0.3 is 9.80 Å². The molecular weight excluding hydrogens is 524 g/mol. The van der Waals surface area contributed by atoms with Crippen molar-refractivity contribution in [1.29, 1.82) is 0 Å². The van der Waals surface area contributed by atoms with Gasteiger partial charge in [0.1, 0.15) is 11.6 Å². The Balaban J connectivity index is 1.76. The third-order valence-corrected chi connectivity index (χ3v) is 7.83. The minimum Gasteiger partial charge on any atom is -0.354 e. The summed E-state index contributed by atoms with van der Waals surface area (Å²) in [5.74, 6) is 0.586. The van der Waals surface area contributed by atoms with Gasteiger partial charge in [0.25, 0.3) is 5.91 Å². The number of nitrogens with zero attached hydrogens (tertiary/aromatic N) is 5. The predicted molar refractivity (Wildman–Crippen MR) is 153 cm³/mol. The number of aromatic nitrogens is 2. The highest BCUT2D eigenvalue weighted by Gasteiger charge is 2.29. The van der Waals surface area contributed by atoms with Gasteiger partial charge in [-0.2, -0.15) is 5.10 Å². The summed E-state index contributed by atoms with van der Waals surface area (Å²) >= 11 is 12.3. The molecule has 1 amide bonds. The van der Waals surface area contributed by atoms with Gasteiger partial charge in [0, 0.05) is 49.9 Å². The third kappa shape index (κ3) is 6.16. The zero-order chi connectivity index (χ0) is 27.4. The average molecular weight is 561 g/mol. The molecule has 0 bridgehead atoms. The molecule has 0 saturated carbocycles. The zero-order valence-corrected chi connectivity index (χ0v) is 24.1. The van der Waals surface area contributed by atoms with Crippen molar-refractivity contribution in [3.8, 4) is 5.69 Å². The molecule has 1 aliphatic heterocycles. The summed E-state index contributed by atoms with van der Waals surface area (Å²) in [7, 11) is 0. The minimum absolute atomic E-state index is 0.0995. The van der Waals surface area contributed by atoms with Gasteiger partial charge >= 0.3 is 0 Å². The average Bonchev–Trinajstić information content (AvgIpc) is 3.28. The fourth-order valence-corrected chi connectivity index (χ4v) is 5.29. The number of hydrogen-bond donors (Lipinski definition) is 0. The standard InChI is InChI=1S/C29H36Cl2FN5O/c1-5-13-36(29(38)21-7-12-25(30)26(31)18-21)19-24-27(6-2)33-37(23-10-8-22(32)9-11-23)28(24)35-16-14-34(15-17-35)20(3)4/h7-12,18,20H,5-6,13-17,19H2,1-4H3. The fraction of sp³-hybridized carbons (Fsp3) is 0.448. The first-order valence-corrected chi connectivity index (χ1v) is 14.1. The molecule has 204 valence electrons. The molecule has 9 heteroatoms. The van der Waals surface area contributed by atoms with E-state index in [1.54, 1.807) is 30.3 Å². The number of piperazine rings is 1. The fourth-order valence-electron chi connectivity index (χ4n) is 4.99. The van der Waals surface area contributed by atoms with Crippen LogP contribution in [0.5, 0.6) is 0 Å². The Morgan fingerprint density at radius 1 is 1.03 bits per heavy atom. The number of carbonyl (C=O) groups is 1. The van der Waals surface area contributed by atoms with E-state index in [1.165, 1.54) is 12.1 Å². The molecule has 2 aromatic carbocycles. The molecule has 0 radical (unpaired) electrons. The summed E-state index contributed by atoms with van der Waals surface area (Å²) in [6.07, 6.45) is 1.52. The second-order valence-corrected chi connectivity index (χ2v) is 10.8. The van der Waals surface area contributed by atoms with Crippen molar-refractivity contribution in [3.05, 3.63) is 75.1 Å². The zero-order valence-electron chi connectivity index (χ0n) is 22.6. The lowest BCUT2D eigenvalue weighted by molar-refractivity contribution is 0.0743. The Labute approximate surface area is 234 Å². The van der Waals surface area contributed by atoms with Crippen LogP contribution in [0.25, 0.3) is 5.69 Å². The summed E-state index contributed by atoms with van der Waals surface area (Å²) < 4.78 is 15.7. The number of anilines is 1. The van der Waals surface area contributed by atoms with Crippen LogP contribution in [0.4, 0.5) is 10.2 Å². The first kappa shape index (κ1) is 28.4. The molecular formula is C29H36Cl2FN5O. The molecule has 0 spiro atoms. The van der Waals surface area contributed by atoms with Crippen LogP contribution >= 0.6 is 23.2 Å². The lowest BCUT2D eigenvalue weighted by Gasteiger charge is -2.38. The minimum atomic E-state index is -0.287. The van der Waals surface area contributed by atoms with Crippen LogP contribution in [-0.4, -0.2) is 64.3 Å². The van der Waals surface area contributed by atoms with Crippen molar-refractivity contribution in [2.75, 3.05) is 37.6 Å². The maximum atomic E-state index is 13.8. The van der Waals surface area contributed by atoms with Gasteiger partial charge in [-0.1, -0.05) is 37.0 Å². The second-order valence-electron chi connectivity index (χ2n) is 9.96. The summed E-state index contributed by atoms with van der Waals surface area (Å²) in [5.41, 5.74) is 3.26. The number of amides is 1. The molecule has 0 atom stereocenters. The highest BCUT2D eigenvalue weighted by atomic mass is 35.5. The van der Waals surface area contributed by atoms with Crippen LogP contribution < -0.4 is 4.90 Å². The molecule has 38 heavy (non-hydrogen) atoms. The van der Waals surface area contributed by atoms with E-state index in [0.29, 0.717) is 41.2 Å². The number of hydrogen-bond acceptors (Lipinski definition) is 4. The summed E-state index contributed by atoms with van der Waals surface area (Å²) in [4.78, 5) is 20.3. The van der Waals surface area contributed by atoms with E-state index < -0.39 is 0 Å². The van der Waals surface area contributed by atoms with Gasteiger partial charge in [-0.25, -0.2) is 9.07 Å². The first-order chi connectivity index (χ1) is 18.2. The number of halogens is 3. The Morgan fingerprint density at radius 2 is 1.71 bits per heavy atom. The van der Waals surface area contributed by atoms with E-state index in [1.807, 2.05) is 9.58 Å². The number of benzene rings is 2. The van der Waals surface area contributed by atoms with Crippen molar-refractivity contribution < 1.29 is 9.18 Å². The number of rotatable bonds is 9. The molecule has 3 aromatic rings. The van der Waals surface area contributed by atoms with Crippen LogP contribution in [0.1, 0.15) is 55.7 Å². The van der Waals surface area contributed by atoms with Gasteiger partial charge in [-0.3, -0.25) is 9.69 Å². The monoisotopic (exact) mass is 559 g/mol. The van der Waals surface area contributed by atoms with E-state index in [4.69, 9.17) is 28.3 Å². The van der Waals surface area contributed by atoms with Gasteiger partial charge in [0.2, 0.25) is 0 Å². The van der Waals surface area contributed by atoms with Crippen LogP contribution in [0.15, 0.2) is 42.5 Å². The Morgan fingerprint density at radius 3 is 2.29 bits per heavy atom. The van der Waals surface area contributed by atoms with Crippen LogP contribution in [0, 0.1) is 5.82 Å². The molecule has 1 fully saturated rings. The number of carbonyl (C=O) groups excluding carboxylic acids is 1. The number of aryl methyl sites for hydroxylation is 1. The van der Waals surface area contributed by atoms with E-state index in [9.17, 15) is 9.18 Å². The quantitative estimate of drug-likeness (QED) is 0.301. The first-order valence-electron chi connectivity index (χ1n) is 13.3. The summed E-state index contributed by atoms with van der Waals surface area (Å²) in [5, 5.41) is 5.77. The van der Waals surface area contributed by atoms with Gasteiger partial charge in [0.05, 0.1) is 28.0 Å². The van der Waals surface area contributed by atoms with Gasteiger partial charge in [0.15, 0.2) is 0 Å². The van der Waals surface area contributed by atoms with Crippen LogP contribution in [0.2, 0.25) is 10.0 Å². The molecule has 6 nitrogen and oxygen atoms in total. The van der Waals surface area contributed by atoms with Crippen LogP contribution in [-0.2, 0) is 13.0 Å². The normalized spacial score (nSPS) is 14.4. The van der Waals surface area contributed by atoms with E-state index in [-0.39, 0.29) is 11.7 Å². The van der Waals surface area contributed by atoms with Crippen LogP contribution in [0.3, 0.4) is 0 Å². The lowest BCUT2D eigenvalue weighted by Crippen LogP contribution is -2.49. The maximum Gasteiger partial charge on any atom is 0.254 e. The second kappa shape index (κ2) is 12.5. The smallest absolute Gasteiger partial charge is 0.254 e. The van der Waals surface area contributed by atoms with Crippen molar-refractivity contribution in [1.82, 2.24) is 19.6 Å². The third-order valence-electron chi connectivity index (χ3n) is 7.09. The Bertz CT molecular complexity index is 1250. The molecule has 0 aliphatic carbocycles. The Hall–Kier alpha value is -2.61. The molecule has 2 heterocycles. The van der Waals surface area contributed by atoms with E-state index in [2.05, 4.69) is 37.5 Å². The molecule has 1 aliphatic rings. The Kier molecular flexibility index (Phi) is 9.34. The molecule has 0 unspecified atom stereocenters. The van der Waals surface area contributed by atoms with Gasteiger partial charge in [-0.15, -0.1) is 0 Å². The van der Waals surface area contributed by atoms with E-state index >= 15 is 0 Å². The van der Waals surface area contributed by atoms with Crippen molar-refractivity contribution in [3.63, 3.8) is 0 Å².